The summed E-state index contributed by atoms with van der Waals surface area (Å²) in [5.74, 6) is -2.20. The van der Waals surface area contributed by atoms with E-state index in [2.05, 4.69) is 149 Å². The predicted octanol–water partition coefficient (Wildman–Crippen LogP) is 24.7. The van der Waals surface area contributed by atoms with Crippen molar-refractivity contribution in [2.24, 2.45) is 0 Å². The summed E-state index contributed by atoms with van der Waals surface area (Å²) in [6, 6.07) is 0. The van der Waals surface area contributed by atoms with Gasteiger partial charge in [0, 0.05) is 25.7 Å². The highest BCUT2D eigenvalue weighted by Gasteiger charge is 2.30. The SMILES string of the molecule is CC/C=C\C/C=C\C/C=C\C/C=C\CCCCCCCCC(=O)OCC(COP(=O)(O)OCC(O)COP(=O)(O)OCC(COC(=O)CCCCCCCC/C=C\C/C=C\C/C=C\C/C=C\CC)OC(=O)CCCCCCCCCCCCCCC)OC(=O)CCCCCCC/C=C\C/C=C\CCCCC. The molecule has 0 aromatic carbocycles. The highest BCUT2D eigenvalue weighted by Crippen LogP contribution is 2.45. The summed E-state index contributed by atoms with van der Waals surface area (Å²) in [5, 5.41) is 10.7. The fourth-order valence-electron chi connectivity index (χ4n) is 11.1. The molecule has 0 aromatic rings. The van der Waals surface area contributed by atoms with E-state index in [0.717, 1.165) is 199 Å². The number of phosphoric ester groups is 2. The van der Waals surface area contributed by atoms with E-state index in [0.29, 0.717) is 25.7 Å². The van der Waals surface area contributed by atoms with E-state index in [1.807, 2.05) is 0 Å². The number of allylic oxidation sites excluding steroid dienone is 20. The topological polar surface area (TPSA) is 237 Å². The standard InChI is InChI=1S/C87H150O17P2/c1-5-9-13-17-21-25-29-33-36-38-40-42-45-48-51-55-59-63-67-71-84(89)97-77-82(103-86(91)73-69-65-61-57-53-47-32-28-24-20-16-12-8-4)79-101-105(93,94)99-75-81(88)76-100-106(95,96)102-80-83(104-87(92)74-70-66-62-58-54-50-44-35-31-27-23-19-15-11-7-3)78-98-85(90)72-68-64-60-56-52-49-46-43-41-39-37-34-30-26-22-18-14-10-6-2/h9-10,13-14,21-23,25-27,33-37,40-44,81-83,88H,5-8,11-12,15-20,24,28-32,38-39,45-80H2,1-4H3,(H,93,94)(H,95,96)/b13-9-,14-10-,25-21-,26-22-,27-23-,36-33-,37-34-,42-40-,43-41-,44-35-. The maximum absolute atomic E-state index is 13.1. The second-order valence-electron chi connectivity index (χ2n) is 27.7. The van der Waals surface area contributed by atoms with E-state index < -0.39 is 97.5 Å². The van der Waals surface area contributed by atoms with Crippen molar-refractivity contribution >= 4 is 39.5 Å². The van der Waals surface area contributed by atoms with Crippen molar-refractivity contribution in [1.82, 2.24) is 0 Å². The lowest BCUT2D eigenvalue weighted by atomic mass is 10.0. The summed E-state index contributed by atoms with van der Waals surface area (Å²) >= 11 is 0. The molecule has 19 heteroatoms. The van der Waals surface area contributed by atoms with Crippen molar-refractivity contribution in [3.05, 3.63) is 122 Å². The Kier molecular flexibility index (Phi) is 75.2. The first-order chi connectivity index (χ1) is 51.7. The molecule has 0 rings (SSSR count). The van der Waals surface area contributed by atoms with Crippen LogP contribution in [0.2, 0.25) is 0 Å². The molecule has 0 saturated carbocycles. The second-order valence-corrected chi connectivity index (χ2v) is 30.6. The van der Waals surface area contributed by atoms with Crippen LogP contribution in [0.3, 0.4) is 0 Å². The first-order valence-corrected chi connectivity index (χ1v) is 44.8. The molecule has 0 aliphatic rings. The van der Waals surface area contributed by atoms with E-state index >= 15 is 0 Å². The van der Waals surface area contributed by atoms with Crippen LogP contribution in [0.5, 0.6) is 0 Å². The number of phosphoric acid groups is 2. The Morgan fingerprint density at radius 1 is 0.274 bits per heavy atom. The number of hydrogen-bond acceptors (Lipinski definition) is 15. The fourth-order valence-corrected chi connectivity index (χ4v) is 12.7. The Bertz CT molecular complexity index is 2480. The molecule has 610 valence electrons. The van der Waals surface area contributed by atoms with Crippen LogP contribution in [0.25, 0.3) is 0 Å². The number of rotatable bonds is 78. The molecule has 5 unspecified atom stereocenters. The molecule has 17 nitrogen and oxygen atoms in total. The smallest absolute Gasteiger partial charge is 0.462 e. The van der Waals surface area contributed by atoms with Crippen LogP contribution in [0.4, 0.5) is 0 Å². The third-order valence-electron chi connectivity index (χ3n) is 17.4. The minimum absolute atomic E-state index is 0.0743. The lowest BCUT2D eigenvalue weighted by molar-refractivity contribution is -0.161. The van der Waals surface area contributed by atoms with E-state index in [1.54, 1.807) is 0 Å². The number of aliphatic hydroxyl groups is 1. The third kappa shape index (κ3) is 77.6. The molecule has 3 N–H and O–H groups in total. The van der Waals surface area contributed by atoms with Gasteiger partial charge in [-0.1, -0.05) is 310 Å². The van der Waals surface area contributed by atoms with Crippen molar-refractivity contribution in [2.75, 3.05) is 39.6 Å². The summed E-state index contributed by atoms with van der Waals surface area (Å²) in [5.41, 5.74) is 0. The molecule has 0 aliphatic heterocycles. The number of aliphatic hydroxyl groups excluding tert-OH is 1. The van der Waals surface area contributed by atoms with Crippen LogP contribution in [-0.4, -0.2) is 96.7 Å². The zero-order valence-electron chi connectivity index (χ0n) is 66.8. The van der Waals surface area contributed by atoms with Gasteiger partial charge in [-0.25, -0.2) is 9.13 Å². The molecular weight excluding hydrogens is 1380 g/mol. The first kappa shape index (κ1) is 101. The fraction of sp³-hybridized carbons (Fsp3) is 0.724. The van der Waals surface area contributed by atoms with Gasteiger partial charge in [0.05, 0.1) is 26.4 Å². The van der Waals surface area contributed by atoms with Gasteiger partial charge in [-0.15, -0.1) is 0 Å². The molecule has 0 bridgehead atoms. The third-order valence-corrected chi connectivity index (χ3v) is 19.3. The minimum Gasteiger partial charge on any atom is -0.462 e. The van der Waals surface area contributed by atoms with Gasteiger partial charge in [0.15, 0.2) is 12.2 Å². The molecule has 0 spiro atoms. The Hall–Kier alpha value is -4.54. The highest BCUT2D eigenvalue weighted by molar-refractivity contribution is 7.47. The predicted molar refractivity (Wildman–Crippen MR) is 436 cm³/mol. The lowest BCUT2D eigenvalue weighted by Crippen LogP contribution is -2.30. The van der Waals surface area contributed by atoms with Gasteiger partial charge in [-0.2, -0.15) is 0 Å². The first-order valence-electron chi connectivity index (χ1n) is 41.8. The molecular formula is C87H150O17P2. The van der Waals surface area contributed by atoms with Gasteiger partial charge in [-0.3, -0.25) is 37.3 Å². The number of unbranched alkanes of at least 4 members (excludes halogenated alkanes) is 32. The van der Waals surface area contributed by atoms with Gasteiger partial charge >= 0.3 is 39.5 Å². The summed E-state index contributed by atoms with van der Waals surface area (Å²) in [4.78, 5) is 73.2. The number of ether oxygens (including phenoxy) is 4. The van der Waals surface area contributed by atoms with Crippen molar-refractivity contribution in [1.29, 1.82) is 0 Å². The van der Waals surface area contributed by atoms with Crippen LogP contribution in [0.15, 0.2) is 122 Å². The number of hydrogen-bond donors (Lipinski definition) is 3. The van der Waals surface area contributed by atoms with Crippen LogP contribution >= 0.6 is 15.6 Å². The van der Waals surface area contributed by atoms with Crippen molar-refractivity contribution in [3.8, 4) is 0 Å². The Morgan fingerprint density at radius 2 is 0.491 bits per heavy atom. The van der Waals surface area contributed by atoms with Gasteiger partial charge in [-0.05, 0) is 135 Å². The van der Waals surface area contributed by atoms with Gasteiger partial charge in [0.25, 0.3) is 0 Å². The van der Waals surface area contributed by atoms with Gasteiger partial charge in [0.1, 0.15) is 19.3 Å². The molecule has 0 radical (unpaired) electrons. The van der Waals surface area contributed by atoms with E-state index in [9.17, 15) is 43.2 Å². The van der Waals surface area contributed by atoms with Crippen molar-refractivity contribution in [3.63, 3.8) is 0 Å². The van der Waals surface area contributed by atoms with E-state index in [-0.39, 0.29) is 25.7 Å². The normalized spacial score (nSPS) is 14.4. The van der Waals surface area contributed by atoms with Crippen LogP contribution in [0.1, 0.15) is 349 Å². The maximum atomic E-state index is 13.1. The summed E-state index contributed by atoms with van der Waals surface area (Å²) in [6.45, 7) is 4.62. The zero-order valence-corrected chi connectivity index (χ0v) is 68.6. The van der Waals surface area contributed by atoms with Crippen LogP contribution in [-0.2, 0) is 65.4 Å². The summed E-state index contributed by atoms with van der Waals surface area (Å²) in [7, 11) is -9.97. The van der Waals surface area contributed by atoms with E-state index in [1.165, 1.54) is 70.6 Å². The Labute approximate surface area is 644 Å². The second kappa shape index (κ2) is 78.6. The molecule has 0 heterocycles. The van der Waals surface area contributed by atoms with Crippen molar-refractivity contribution in [2.45, 2.75) is 367 Å². The molecule has 0 saturated heterocycles. The van der Waals surface area contributed by atoms with Gasteiger partial charge in [0.2, 0.25) is 0 Å². The van der Waals surface area contributed by atoms with Crippen LogP contribution in [0, 0.1) is 0 Å². The quantitative estimate of drug-likeness (QED) is 0.0169. The molecule has 5 atom stereocenters. The zero-order chi connectivity index (χ0) is 77.4. The molecule has 0 fully saturated rings. The average molecular weight is 1530 g/mol. The van der Waals surface area contributed by atoms with Crippen molar-refractivity contribution < 1.29 is 80.2 Å². The monoisotopic (exact) mass is 1530 g/mol. The molecule has 106 heavy (non-hydrogen) atoms. The lowest BCUT2D eigenvalue weighted by Gasteiger charge is -2.21. The number of esters is 4. The minimum atomic E-state index is -4.99. The summed E-state index contributed by atoms with van der Waals surface area (Å²) < 4.78 is 68.7. The molecule has 0 amide bonds. The van der Waals surface area contributed by atoms with Gasteiger partial charge < -0.3 is 33.8 Å². The largest absolute Gasteiger partial charge is 0.472 e. The maximum Gasteiger partial charge on any atom is 0.472 e. The average Bonchev–Trinajstić information content (AvgIpc) is 0.933. The number of carbonyl (C=O) groups is 4. The molecule has 0 aromatic heterocycles. The van der Waals surface area contributed by atoms with Crippen LogP contribution < -0.4 is 0 Å². The Morgan fingerprint density at radius 3 is 0.774 bits per heavy atom. The Balaban J connectivity index is 5.36. The summed E-state index contributed by atoms with van der Waals surface area (Å²) in [6.07, 6.45) is 87.3. The highest BCUT2D eigenvalue weighted by atomic mass is 31.2. The number of carbonyl (C=O) groups excluding carboxylic acids is 4. The molecule has 0 aliphatic carbocycles. The van der Waals surface area contributed by atoms with E-state index in [4.69, 9.17) is 37.0 Å².